The van der Waals surface area contributed by atoms with Gasteiger partial charge in [0.2, 0.25) is 7.57 Å². The van der Waals surface area contributed by atoms with Crippen LogP contribution in [0.3, 0.4) is 0 Å². The van der Waals surface area contributed by atoms with Crippen molar-refractivity contribution in [2.45, 2.75) is 33.8 Å². The van der Waals surface area contributed by atoms with Crippen LogP contribution in [0.4, 0.5) is 0 Å². The van der Waals surface area contributed by atoms with Gasteiger partial charge in [-0.1, -0.05) is 13.8 Å². The molecule has 0 N–H and O–H groups in total. The molecule has 0 rings (SSSR count). The minimum absolute atomic E-state index is 0.173. The highest BCUT2D eigenvalue weighted by molar-refractivity contribution is 7.79. The minimum Gasteiger partial charge on any atom is -0.317 e. The molecule has 1 unspecified atom stereocenters. The van der Waals surface area contributed by atoms with Crippen LogP contribution in [0, 0.1) is 5.92 Å². The Morgan fingerprint density at radius 2 is 1.83 bits per heavy atom. The van der Waals surface area contributed by atoms with E-state index in [2.05, 4.69) is 0 Å². The van der Waals surface area contributed by atoms with Crippen molar-refractivity contribution in [3.63, 3.8) is 0 Å². The van der Waals surface area contributed by atoms with Crippen LogP contribution in [-0.4, -0.2) is 20.3 Å². The fourth-order valence-electron chi connectivity index (χ4n) is 0.577. The molecule has 0 bridgehead atoms. The van der Waals surface area contributed by atoms with E-state index in [1.165, 1.54) is 0 Å². The lowest BCUT2D eigenvalue weighted by molar-refractivity contribution is 0.169. The molecule has 12 heavy (non-hydrogen) atoms. The van der Waals surface area contributed by atoms with Gasteiger partial charge in [-0.05, 0) is 19.8 Å². The average molecular weight is 190 g/mol. The Labute approximate surface area is 75.7 Å². The maximum Gasteiger partial charge on any atom is 0.263 e. The van der Waals surface area contributed by atoms with Gasteiger partial charge < -0.3 is 9.05 Å². The molecular weight excluding hydrogens is 174 g/mol. The van der Waals surface area contributed by atoms with Gasteiger partial charge in [0, 0.05) is 0 Å². The standard InChI is InChI=1S/C7H16BO3P/c1-6(2)5-10-12(8,9)11-7(3)4/h6-7H,5H2,1-4H3. The molecule has 5 heteroatoms. The average Bonchev–Trinajstić information content (AvgIpc) is 1.81. The smallest absolute Gasteiger partial charge is 0.263 e. The molecule has 0 aromatic rings. The van der Waals surface area contributed by atoms with Gasteiger partial charge in [0.05, 0.1) is 12.7 Å². The highest BCUT2D eigenvalue weighted by atomic mass is 31.2. The molecule has 0 aliphatic heterocycles. The van der Waals surface area contributed by atoms with E-state index in [0.717, 1.165) is 0 Å². The molecule has 2 radical (unpaired) electrons. The van der Waals surface area contributed by atoms with E-state index in [9.17, 15) is 4.57 Å². The largest absolute Gasteiger partial charge is 0.317 e. The van der Waals surface area contributed by atoms with E-state index in [0.29, 0.717) is 12.5 Å². The second kappa shape index (κ2) is 5.06. The van der Waals surface area contributed by atoms with Crippen LogP contribution in [0.25, 0.3) is 0 Å². The normalized spacial score (nSPS) is 16.8. The van der Waals surface area contributed by atoms with Gasteiger partial charge in [-0.3, -0.25) is 4.57 Å². The molecule has 0 saturated carbocycles. The van der Waals surface area contributed by atoms with E-state index < -0.39 is 7.47 Å². The molecule has 0 heterocycles. The van der Waals surface area contributed by atoms with Crippen LogP contribution >= 0.6 is 7.47 Å². The lowest BCUT2D eigenvalue weighted by Gasteiger charge is -2.18. The summed E-state index contributed by atoms with van der Waals surface area (Å²) < 4.78 is 21.1. The topological polar surface area (TPSA) is 35.5 Å². The third-order valence-corrected chi connectivity index (χ3v) is 2.17. The molecule has 70 valence electrons. The van der Waals surface area contributed by atoms with Gasteiger partial charge in [0.25, 0.3) is 7.47 Å². The van der Waals surface area contributed by atoms with Crippen LogP contribution in [0.1, 0.15) is 27.7 Å². The summed E-state index contributed by atoms with van der Waals surface area (Å²) in [4.78, 5) is 0. The Kier molecular flexibility index (Phi) is 5.15. The van der Waals surface area contributed by atoms with Crippen LogP contribution in [0.5, 0.6) is 0 Å². The van der Waals surface area contributed by atoms with Crippen LogP contribution in [0.2, 0.25) is 0 Å². The quantitative estimate of drug-likeness (QED) is 0.493. The zero-order valence-corrected chi connectivity index (χ0v) is 9.01. The molecule has 3 nitrogen and oxygen atoms in total. The molecular formula is C7H16BO3P. The summed E-state index contributed by atoms with van der Waals surface area (Å²) in [5, 5.41) is 0. The van der Waals surface area contributed by atoms with Gasteiger partial charge in [-0.2, -0.15) is 0 Å². The van der Waals surface area contributed by atoms with Crippen LogP contribution < -0.4 is 0 Å². The molecule has 1 atom stereocenters. The SMILES string of the molecule is [B]P(=O)(OCC(C)C)OC(C)C. The Bertz CT molecular complexity index is 170. The Balaban J connectivity index is 3.80. The monoisotopic (exact) mass is 190 g/mol. The fraction of sp³-hybridized carbons (Fsp3) is 1.00. The summed E-state index contributed by atoms with van der Waals surface area (Å²) in [6.07, 6.45) is -0.173. The maximum absolute atomic E-state index is 11.3. The molecule has 0 fully saturated rings. The van der Waals surface area contributed by atoms with Gasteiger partial charge in [-0.15, -0.1) is 0 Å². The molecule has 0 aromatic carbocycles. The Hall–Kier alpha value is 0.215. The molecule has 0 aliphatic carbocycles. The third-order valence-electron chi connectivity index (χ3n) is 0.946. The second-order valence-corrected chi connectivity index (χ2v) is 4.93. The van der Waals surface area contributed by atoms with Crippen molar-refractivity contribution < 1.29 is 13.6 Å². The lowest BCUT2D eigenvalue weighted by Crippen LogP contribution is -2.06. The number of hydrogen-bond donors (Lipinski definition) is 0. The second-order valence-electron chi connectivity index (χ2n) is 3.38. The van der Waals surface area contributed by atoms with Crippen molar-refractivity contribution in [3.05, 3.63) is 0 Å². The summed E-state index contributed by atoms with van der Waals surface area (Å²) in [6, 6.07) is 0. The van der Waals surface area contributed by atoms with Crippen LogP contribution in [0.15, 0.2) is 0 Å². The summed E-state index contributed by atoms with van der Waals surface area (Å²) >= 11 is 0. The van der Waals surface area contributed by atoms with Crippen molar-refractivity contribution >= 4 is 15.0 Å². The van der Waals surface area contributed by atoms with Crippen molar-refractivity contribution in [3.8, 4) is 0 Å². The first-order valence-electron chi connectivity index (χ1n) is 4.05. The summed E-state index contributed by atoms with van der Waals surface area (Å²) in [6.45, 7) is 7.79. The van der Waals surface area contributed by atoms with E-state index in [1.807, 2.05) is 13.8 Å². The highest BCUT2D eigenvalue weighted by Crippen LogP contribution is 2.44. The number of hydrogen-bond acceptors (Lipinski definition) is 3. The third kappa shape index (κ3) is 6.90. The van der Waals surface area contributed by atoms with Gasteiger partial charge in [-0.25, -0.2) is 0 Å². The molecule has 0 saturated heterocycles. The first-order valence-corrected chi connectivity index (χ1v) is 5.66. The molecule has 0 aromatic heterocycles. The maximum atomic E-state index is 11.3. The zero-order chi connectivity index (χ0) is 9.78. The van der Waals surface area contributed by atoms with Crippen molar-refractivity contribution in [1.29, 1.82) is 0 Å². The number of rotatable bonds is 5. The highest BCUT2D eigenvalue weighted by Gasteiger charge is 2.17. The Morgan fingerprint density at radius 1 is 1.33 bits per heavy atom. The minimum atomic E-state index is -3.30. The fourth-order valence-corrected chi connectivity index (χ4v) is 1.73. The first-order chi connectivity index (χ1) is 5.33. The van der Waals surface area contributed by atoms with Gasteiger partial charge >= 0.3 is 0 Å². The van der Waals surface area contributed by atoms with Gasteiger partial charge in [0.15, 0.2) is 0 Å². The first kappa shape index (κ1) is 12.2. The van der Waals surface area contributed by atoms with E-state index in [4.69, 9.17) is 16.6 Å². The summed E-state index contributed by atoms with van der Waals surface area (Å²) in [5.74, 6) is 0.303. The lowest BCUT2D eigenvalue weighted by atomic mass is 10.2. The molecule has 0 amide bonds. The zero-order valence-electron chi connectivity index (χ0n) is 8.11. The Morgan fingerprint density at radius 3 is 2.17 bits per heavy atom. The van der Waals surface area contributed by atoms with Gasteiger partial charge in [0.1, 0.15) is 0 Å². The van der Waals surface area contributed by atoms with Crippen molar-refractivity contribution in [2.75, 3.05) is 6.61 Å². The predicted molar refractivity (Wildman–Crippen MR) is 50.4 cm³/mol. The van der Waals surface area contributed by atoms with E-state index in [-0.39, 0.29) is 6.10 Å². The predicted octanol–water partition coefficient (Wildman–Crippen LogP) is 2.36. The van der Waals surface area contributed by atoms with Crippen molar-refractivity contribution in [1.82, 2.24) is 0 Å². The van der Waals surface area contributed by atoms with Crippen molar-refractivity contribution in [2.24, 2.45) is 5.92 Å². The van der Waals surface area contributed by atoms with E-state index in [1.54, 1.807) is 13.8 Å². The molecule has 0 spiro atoms. The van der Waals surface area contributed by atoms with Crippen LogP contribution in [-0.2, 0) is 13.6 Å². The summed E-state index contributed by atoms with van der Waals surface area (Å²) in [5.41, 5.74) is 0. The van der Waals surface area contributed by atoms with E-state index >= 15 is 0 Å². The molecule has 0 aliphatic rings. The summed E-state index contributed by atoms with van der Waals surface area (Å²) in [7, 11) is 1.97.